The standard InChI is InChI=1S/C13H26N2O2/c1-10(2)13(9-17-16-5)14-12-6-7-15(4)8-11(12)3/h10,13-14H,6-9H2,1-5H3. The van der Waals surface area contributed by atoms with E-state index in [4.69, 9.17) is 9.78 Å². The maximum atomic E-state index is 5.06. The highest BCUT2D eigenvalue weighted by Crippen LogP contribution is 2.16. The summed E-state index contributed by atoms with van der Waals surface area (Å²) in [6.45, 7) is 9.35. The van der Waals surface area contributed by atoms with Gasteiger partial charge < -0.3 is 10.2 Å². The van der Waals surface area contributed by atoms with Crippen molar-refractivity contribution in [1.29, 1.82) is 0 Å². The van der Waals surface area contributed by atoms with Crippen LogP contribution in [0.25, 0.3) is 0 Å². The first-order valence-electron chi connectivity index (χ1n) is 6.34. The second-order valence-corrected chi connectivity index (χ2v) is 5.19. The molecule has 0 bridgehead atoms. The van der Waals surface area contributed by atoms with Gasteiger partial charge in [0.25, 0.3) is 0 Å². The van der Waals surface area contributed by atoms with Crippen molar-refractivity contribution in [3.05, 3.63) is 11.3 Å². The van der Waals surface area contributed by atoms with E-state index in [0.29, 0.717) is 18.6 Å². The van der Waals surface area contributed by atoms with Crippen LogP contribution in [0.1, 0.15) is 27.2 Å². The molecule has 4 heteroatoms. The van der Waals surface area contributed by atoms with Crippen molar-refractivity contribution in [2.75, 3.05) is 33.9 Å². The van der Waals surface area contributed by atoms with Crippen molar-refractivity contribution in [3.63, 3.8) is 0 Å². The highest BCUT2D eigenvalue weighted by Gasteiger charge is 2.19. The molecule has 0 amide bonds. The van der Waals surface area contributed by atoms with Crippen LogP contribution in [-0.4, -0.2) is 44.8 Å². The van der Waals surface area contributed by atoms with Gasteiger partial charge in [-0.15, -0.1) is 0 Å². The molecule has 0 aromatic carbocycles. The predicted octanol–water partition coefficient (Wildman–Crippen LogP) is 1.79. The Bertz CT molecular complexity index is 264. The largest absolute Gasteiger partial charge is 0.383 e. The molecule has 0 saturated heterocycles. The van der Waals surface area contributed by atoms with E-state index in [1.54, 1.807) is 7.11 Å². The van der Waals surface area contributed by atoms with Crippen molar-refractivity contribution >= 4 is 0 Å². The van der Waals surface area contributed by atoms with E-state index in [-0.39, 0.29) is 0 Å². The third-order valence-electron chi connectivity index (χ3n) is 3.30. The molecule has 17 heavy (non-hydrogen) atoms. The van der Waals surface area contributed by atoms with Crippen LogP contribution in [0, 0.1) is 5.92 Å². The van der Waals surface area contributed by atoms with Gasteiger partial charge >= 0.3 is 0 Å². The van der Waals surface area contributed by atoms with Gasteiger partial charge in [0.1, 0.15) is 6.61 Å². The van der Waals surface area contributed by atoms with Crippen LogP contribution >= 0.6 is 0 Å². The summed E-state index contributed by atoms with van der Waals surface area (Å²) in [5.41, 5.74) is 2.81. The van der Waals surface area contributed by atoms with E-state index in [0.717, 1.165) is 19.5 Å². The molecule has 0 fully saturated rings. The van der Waals surface area contributed by atoms with E-state index in [9.17, 15) is 0 Å². The Hall–Kier alpha value is -0.580. The normalized spacial score (nSPS) is 19.9. The number of rotatable bonds is 6. The van der Waals surface area contributed by atoms with Crippen LogP contribution in [0.3, 0.4) is 0 Å². The molecule has 4 nitrogen and oxygen atoms in total. The van der Waals surface area contributed by atoms with E-state index in [1.165, 1.54) is 11.3 Å². The zero-order chi connectivity index (χ0) is 12.8. The van der Waals surface area contributed by atoms with Gasteiger partial charge in [-0.2, -0.15) is 0 Å². The van der Waals surface area contributed by atoms with Gasteiger partial charge in [-0.25, -0.2) is 9.78 Å². The second-order valence-electron chi connectivity index (χ2n) is 5.19. The average molecular weight is 242 g/mol. The summed E-state index contributed by atoms with van der Waals surface area (Å²) in [4.78, 5) is 12.1. The number of likely N-dealkylation sites (N-methyl/N-ethyl adjacent to an activating group) is 1. The average Bonchev–Trinajstić information content (AvgIpc) is 2.26. The lowest BCUT2D eigenvalue weighted by Gasteiger charge is -2.31. The first kappa shape index (κ1) is 14.5. The van der Waals surface area contributed by atoms with Gasteiger partial charge in [-0.3, -0.25) is 0 Å². The van der Waals surface area contributed by atoms with Gasteiger partial charge in [0.05, 0.1) is 13.2 Å². The number of hydrogen-bond donors (Lipinski definition) is 1. The zero-order valence-electron chi connectivity index (χ0n) is 11.7. The molecule has 0 aromatic rings. The summed E-state index contributed by atoms with van der Waals surface area (Å²) >= 11 is 0. The smallest absolute Gasteiger partial charge is 0.103 e. The number of nitrogens with zero attached hydrogens (tertiary/aromatic N) is 1. The molecular formula is C13H26N2O2. The Morgan fingerprint density at radius 1 is 1.41 bits per heavy atom. The van der Waals surface area contributed by atoms with Gasteiger partial charge in [-0.1, -0.05) is 13.8 Å². The fourth-order valence-electron chi connectivity index (χ4n) is 2.06. The summed E-state index contributed by atoms with van der Waals surface area (Å²) in [5, 5.41) is 3.61. The van der Waals surface area contributed by atoms with Crippen LogP contribution in [0.5, 0.6) is 0 Å². The molecule has 1 aliphatic rings. The van der Waals surface area contributed by atoms with E-state index in [1.807, 2.05) is 0 Å². The lowest BCUT2D eigenvalue weighted by molar-refractivity contribution is -0.277. The van der Waals surface area contributed by atoms with Crippen LogP contribution in [-0.2, 0) is 9.78 Å². The van der Waals surface area contributed by atoms with Crippen LogP contribution < -0.4 is 5.32 Å². The van der Waals surface area contributed by atoms with Crippen molar-refractivity contribution in [2.24, 2.45) is 5.92 Å². The van der Waals surface area contributed by atoms with Crippen molar-refractivity contribution in [2.45, 2.75) is 33.2 Å². The minimum Gasteiger partial charge on any atom is -0.383 e. The summed E-state index contributed by atoms with van der Waals surface area (Å²) in [5.74, 6) is 0.519. The quantitative estimate of drug-likeness (QED) is 0.569. The zero-order valence-corrected chi connectivity index (χ0v) is 11.7. The minimum absolute atomic E-state index is 0.309. The topological polar surface area (TPSA) is 33.7 Å². The fraction of sp³-hybridized carbons (Fsp3) is 0.846. The lowest BCUT2D eigenvalue weighted by Crippen LogP contribution is -2.41. The lowest BCUT2D eigenvalue weighted by atomic mass is 10.0. The Balaban J connectivity index is 2.57. The van der Waals surface area contributed by atoms with Gasteiger partial charge in [0.15, 0.2) is 0 Å². The fourth-order valence-corrected chi connectivity index (χ4v) is 2.06. The third-order valence-corrected chi connectivity index (χ3v) is 3.30. The Morgan fingerprint density at radius 2 is 2.12 bits per heavy atom. The van der Waals surface area contributed by atoms with Crippen LogP contribution in [0.4, 0.5) is 0 Å². The molecule has 0 radical (unpaired) electrons. The van der Waals surface area contributed by atoms with E-state index in [2.05, 4.69) is 38.0 Å². The molecular weight excluding hydrogens is 216 g/mol. The maximum absolute atomic E-state index is 5.06. The minimum atomic E-state index is 0.309. The number of hydrogen-bond acceptors (Lipinski definition) is 4. The monoisotopic (exact) mass is 242 g/mol. The predicted molar refractivity (Wildman–Crippen MR) is 69.5 cm³/mol. The summed E-state index contributed by atoms with van der Waals surface area (Å²) in [6.07, 6.45) is 1.10. The molecule has 1 atom stereocenters. The summed E-state index contributed by atoms with van der Waals surface area (Å²) in [6, 6.07) is 0.309. The third kappa shape index (κ3) is 4.66. The molecule has 1 aliphatic heterocycles. The first-order chi connectivity index (χ1) is 8.04. The van der Waals surface area contributed by atoms with E-state index >= 15 is 0 Å². The Kier molecular flexibility index (Phi) is 5.95. The molecule has 1 rings (SSSR count). The van der Waals surface area contributed by atoms with Crippen LogP contribution in [0.15, 0.2) is 11.3 Å². The van der Waals surface area contributed by atoms with Crippen molar-refractivity contribution < 1.29 is 9.78 Å². The second kappa shape index (κ2) is 6.99. The van der Waals surface area contributed by atoms with Gasteiger partial charge in [0.2, 0.25) is 0 Å². The molecule has 0 spiro atoms. The van der Waals surface area contributed by atoms with Gasteiger partial charge in [0, 0.05) is 18.8 Å². The molecule has 1 heterocycles. The molecule has 100 valence electrons. The Morgan fingerprint density at radius 3 is 2.65 bits per heavy atom. The molecule has 0 saturated carbocycles. The first-order valence-corrected chi connectivity index (χ1v) is 6.34. The molecule has 1 N–H and O–H groups in total. The highest BCUT2D eigenvalue weighted by molar-refractivity contribution is 5.16. The molecule has 0 aliphatic carbocycles. The molecule has 0 aromatic heterocycles. The highest BCUT2D eigenvalue weighted by atomic mass is 17.2. The molecule has 1 unspecified atom stereocenters. The maximum Gasteiger partial charge on any atom is 0.103 e. The van der Waals surface area contributed by atoms with Crippen LogP contribution in [0.2, 0.25) is 0 Å². The number of nitrogens with one attached hydrogen (secondary N) is 1. The van der Waals surface area contributed by atoms with Crippen molar-refractivity contribution in [3.8, 4) is 0 Å². The van der Waals surface area contributed by atoms with E-state index < -0.39 is 0 Å². The Labute approximate surface area is 105 Å². The SMILES string of the molecule is COOCC(NC1=C(C)CN(C)CC1)C(C)C. The van der Waals surface area contributed by atoms with Crippen molar-refractivity contribution in [1.82, 2.24) is 10.2 Å². The van der Waals surface area contributed by atoms with Gasteiger partial charge in [-0.05, 0) is 31.9 Å². The summed E-state index contributed by atoms with van der Waals surface area (Å²) < 4.78 is 0. The summed E-state index contributed by atoms with van der Waals surface area (Å²) in [7, 11) is 3.71.